The lowest BCUT2D eigenvalue weighted by atomic mass is 9.93. The normalized spacial score (nSPS) is 15.5. The maximum absolute atomic E-state index is 13.1. The second-order valence-corrected chi connectivity index (χ2v) is 3.23. The summed E-state index contributed by atoms with van der Waals surface area (Å²) in [5.41, 5.74) is -1.29. The summed E-state index contributed by atoms with van der Waals surface area (Å²) in [5, 5.41) is 9.69. The number of halogens is 2. The van der Waals surface area contributed by atoms with E-state index in [0.29, 0.717) is 6.42 Å². The lowest BCUT2D eigenvalue weighted by molar-refractivity contribution is 0.0486. The molecule has 0 aliphatic heterocycles. The molecule has 3 heteroatoms. The van der Waals surface area contributed by atoms with Crippen LogP contribution >= 0.6 is 0 Å². The van der Waals surface area contributed by atoms with Gasteiger partial charge in [0.1, 0.15) is 0 Å². The second-order valence-electron chi connectivity index (χ2n) is 3.23. The molecule has 1 N–H and O–H groups in total. The fourth-order valence-corrected chi connectivity index (χ4v) is 1.11. The van der Waals surface area contributed by atoms with Crippen molar-refractivity contribution in [3.63, 3.8) is 0 Å². The zero-order valence-electron chi connectivity index (χ0n) is 7.64. The Morgan fingerprint density at radius 3 is 2.54 bits per heavy atom. The van der Waals surface area contributed by atoms with Gasteiger partial charge in [-0.1, -0.05) is 19.1 Å². The summed E-state index contributed by atoms with van der Waals surface area (Å²) in [5.74, 6) is -1.89. The van der Waals surface area contributed by atoms with Crippen LogP contribution in [0.5, 0.6) is 0 Å². The van der Waals surface area contributed by atoms with Crippen LogP contribution in [0.3, 0.4) is 0 Å². The molecule has 1 nitrogen and oxygen atoms in total. The smallest absolute Gasteiger partial charge is 0.164 e. The third-order valence-electron chi connectivity index (χ3n) is 2.22. The zero-order chi connectivity index (χ0) is 10.1. The average Bonchev–Trinajstić information content (AvgIpc) is 2.09. The van der Waals surface area contributed by atoms with Crippen molar-refractivity contribution in [2.45, 2.75) is 25.9 Å². The highest BCUT2D eigenvalue weighted by Crippen LogP contribution is 2.27. The first-order valence-electron chi connectivity index (χ1n) is 4.16. The molecule has 0 fully saturated rings. The fourth-order valence-electron chi connectivity index (χ4n) is 1.11. The first-order chi connectivity index (χ1) is 5.99. The molecule has 0 amide bonds. The maximum Gasteiger partial charge on any atom is 0.164 e. The van der Waals surface area contributed by atoms with Crippen LogP contribution < -0.4 is 0 Å². The Balaban J connectivity index is 3.22. The van der Waals surface area contributed by atoms with E-state index in [1.54, 1.807) is 6.92 Å². The Kier molecular flexibility index (Phi) is 2.66. The Bertz CT molecular complexity index is 308. The zero-order valence-corrected chi connectivity index (χ0v) is 7.64. The lowest BCUT2D eigenvalue weighted by Crippen LogP contribution is -2.21. The van der Waals surface area contributed by atoms with Crippen molar-refractivity contribution in [2.24, 2.45) is 0 Å². The monoisotopic (exact) mass is 186 g/mol. The van der Waals surface area contributed by atoms with Crippen LogP contribution in [0.4, 0.5) is 8.78 Å². The van der Waals surface area contributed by atoms with E-state index in [0.717, 1.165) is 6.07 Å². The molecule has 1 aromatic rings. The predicted octanol–water partition coefficient (Wildman–Crippen LogP) is 2.58. The molecule has 1 atom stereocenters. The number of rotatable bonds is 2. The highest BCUT2D eigenvalue weighted by molar-refractivity contribution is 5.24. The van der Waals surface area contributed by atoms with E-state index in [1.165, 1.54) is 19.1 Å². The summed E-state index contributed by atoms with van der Waals surface area (Å²) >= 11 is 0. The maximum atomic E-state index is 13.1. The minimum atomic E-state index is -1.30. The van der Waals surface area contributed by atoms with Crippen LogP contribution in [-0.4, -0.2) is 5.11 Å². The van der Waals surface area contributed by atoms with Gasteiger partial charge in [0.2, 0.25) is 0 Å². The van der Waals surface area contributed by atoms with Gasteiger partial charge in [-0.3, -0.25) is 0 Å². The largest absolute Gasteiger partial charge is 0.385 e. The molecule has 72 valence electrons. The van der Waals surface area contributed by atoms with Gasteiger partial charge >= 0.3 is 0 Å². The first-order valence-corrected chi connectivity index (χ1v) is 4.16. The molecule has 1 unspecified atom stereocenters. The van der Waals surface area contributed by atoms with Crippen molar-refractivity contribution in [2.75, 3.05) is 0 Å². The van der Waals surface area contributed by atoms with Crippen molar-refractivity contribution >= 4 is 0 Å². The van der Waals surface area contributed by atoms with E-state index < -0.39 is 17.2 Å². The summed E-state index contributed by atoms with van der Waals surface area (Å²) in [4.78, 5) is 0. The Labute approximate surface area is 76.0 Å². The van der Waals surface area contributed by atoms with E-state index in [2.05, 4.69) is 0 Å². The van der Waals surface area contributed by atoms with E-state index >= 15 is 0 Å². The molecule has 0 spiro atoms. The predicted molar refractivity (Wildman–Crippen MR) is 46.2 cm³/mol. The summed E-state index contributed by atoms with van der Waals surface area (Å²) in [6.07, 6.45) is 0.341. The van der Waals surface area contributed by atoms with Crippen LogP contribution in [0.2, 0.25) is 0 Å². The van der Waals surface area contributed by atoms with Gasteiger partial charge in [0, 0.05) is 5.56 Å². The minimum Gasteiger partial charge on any atom is -0.385 e. The molecule has 1 aromatic carbocycles. The van der Waals surface area contributed by atoms with Gasteiger partial charge in [0.15, 0.2) is 11.6 Å². The van der Waals surface area contributed by atoms with Gasteiger partial charge in [-0.15, -0.1) is 0 Å². The van der Waals surface area contributed by atoms with Gasteiger partial charge in [0.25, 0.3) is 0 Å². The van der Waals surface area contributed by atoms with E-state index in [4.69, 9.17) is 0 Å². The quantitative estimate of drug-likeness (QED) is 0.752. The standard InChI is InChI=1S/C10H12F2O/c1-3-10(2,13)7-5-4-6-8(11)9(7)12/h4-6,13H,3H2,1-2H3. The fraction of sp³-hybridized carbons (Fsp3) is 0.400. The van der Waals surface area contributed by atoms with E-state index in [-0.39, 0.29) is 5.56 Å². The summed E-state index contributed by atoms with van der Waals surface area (Å²) < 4.78 is 25.9. The Hall–Kier alpha value is -0.960. The van der Waals surface area contributed by atoms with Crippen LogP contribution in [0.1, 0.15) is 25.8 Å². The summed E-state index contributed by atoms with van der Waals surface area (Å²) in [6.45, 7) is 3.18. The highest BCUT2D eigenvalue weighted by Gasteiger charge is 2.25. The summed E-state index contributed by atoms with van der Waals surface area (Å²) in [7, 11) is 0. The number of hydrogen-bond acceptors (Lipinski definition) is 1. The molecular formula is C10H12F2O. The number of aliphatic hydroxyl groups is 1. The van der Waals surface area contributed by atoms with Gasteiger partial charge in [-0.2, -0.15) is 0 Å². The Morgan fingerprint density at radius 2 is 2.00 bits per heavy atom. The molecule has 0 saturated heterocycles. The minimum absolute atomic E-state index is 0.00926. The molecule has 0 bridgehead atoms. The highest BCUT2D eigenvalue weighted by atomic mass is 19.2. The molecular weight excluding hydrogens is 174 g/mol. The molecule has 0 saturated carbocycles. The van der Waals surface area contributed by atoms with Crippen molar-refractivity contribution in [1.82, 2.24) is 0 Å². The third kappa shape index (κ3) is 1.86. The van der Waals surface area contributed by atoms with Crippen molar-refractivity contribution < 1.29 is 13.9 Å². The van der Waals surface area contributed by atoms with Crippen molar-refractivity contribution in [3.05, 3.63) is 35.4 Å². The van der Waals surface area contributed by atoms with Crippen LogP contribution in [-0.2, 0) is 5.60 Å². The van der Waals surface area contributed by atoms with Crippen molar-refractivity contribution in [1.29, 1.82) is 0 Å². The van der Waals surface area contributed by atoms with Gasteiger partial charge in [-0.05, 0) is 19.4 Å². The van der Waals surface area contributed by atoms with Crippen LogP contribution in [0, 0.1) is 11.6 Å². The van der Waals surface area contributed by atoms with Crippen LogP contribution in [0.15, 0.2) is 18.2 Å². The van der Waals surface area contributed by atoms with E-state index in [1.807, 2.05) is 0 Å². The topological polar surface area (TPSA) is 20.2 Å². The number of hydrogen-bond donors (Lipinski definition) is 1. The number of benzene rings is 1. The third-order valence-corrected chi connectivity index (χ3v) is 2.22. The van der Waals surface area contributed by atoms with E-state index in [9.17, 15) is 13.9 Å². The molecule has 1 rings (SSSR count). The average molecular weight is 186 g/mol. The SMILES string of the molecule is CCC(C)(O)c1cccc(F)c1F. The Morgan fingerprint density at radius 1 is 1.38 bits per heavy atom. The molecule has 13 heavy (non-hydrogen) atoms. The van der Waals surface area contributed by atoms with Crippen molar-refractivity contribution in [3.8, 4) is 0 Å². The van der Waals surface area contributed by atoms with Crippen LogP contribution in [0.25, 0.3) is 0 Å². The first kappa shape index (κ1) is 10.1. The summed E-state index contributed by atoms with van der Waals surface area (Å²) in [6, 6.07) is 3.81. The van der Waals surface area contributed by atoms with Gasteiger partial charge in [-0.25, -0.2) is 8.78 Å². The molecule has 0 aliphatic carbocycles. The van der Waals surface area contributed by atoms with Gasteiger partial charge < -0.3 is 5.11 Å². The lowest BCUT2D eigenvalue weighted by Gasteiger charge is -2.22. The molecule has 0 radical (unpaired) electrons. The molecule has 0 aliphatic rings. The van der Waals surface area contributed by atoms with Gasteiger partial charge in [0.05, 0.1) is 5.60 Å². The second kappa shape index (κ2) is 3.42. The molecule has 0 heterocycles. The molecule has 0 aromatic heterocycles.